The van der Waals surface area contributed by atoms with Crippen molar-refractivity contribution in [2.45, 2.75) is 32.6 Å². The third kappa shape index (κ3) is 2.87. The number of allylic oxidation sites excluding steroid dienone is 2. The van der Waals surface area contributed by atoms with Gasteiger partial charge in [-0.3, -0.25) is 4.79 Å². The van der Waals surface area contributed by atoms with Crippen molar-refractivity contribution in [3.8, 4) is 11.5 Å². The zero-order valence-electron chi connectivity index (χ0n) is 12.6. The Morgan fingerprint density at radius 3 is 2.60 bits per heavy atom. The third-order valence-electron chi connectivity index (χ3n) is 4.11. The minimum atomic E-state index is 0.0426. The lowest BCUT2D eigenvalue weighted by Gasteiger charge is -2.30. The third-order valence-corrected chi connectivity index (χ3v) is 4.11. The van der Waals surface area contributed by atoms with Crippen molar-refractivity contribution >= 4 is 5.78 Å². The molecule has 1 aromatic carbocycles. The van der Waals surface area contributed by atoms with Crippen LogP contribution in [0.15, 0.2) is 29.8 Å². The van der Waals surface area contributed by atoms with Gasteiger partial charge in [0.15, 0.2) is 0 Å². The summed E-state index contributed by atoms with van der Waals surface area (Å²) >= 11 is 0. The molecule has 0 unspecified atom stereocenters. The zero-order chi connectivity index (χ0) is 14.7. The summed E-state index contributed by atoms with van der Waals surface area (Å²) in [6, 6.07) is 5.85. The van der Waals surface area contributed by atoms with Crippen molar-refractivity contribution in [1.82, 2.24) is 0 Å². The van der Waals surface area contributed by atoms with Crippen LogP contribution < -0.4 is 9.47 Å². The summed E-state index contributed by atoms with van der Waals surface area (Å²) in [6.45, 7) is 3.81. The summed E-state index contributed by atoms with van der Waals surface area (Å²) in [5.41, 5.74) is 2.44. The van der Waals surface area contributed by atoms with E-state index in [1.807, 2.05) is 18.2 Å². The Kier molecular flexibility index (Phi) is 4.48. The second-order valence-corrected chi connectivity index (χ2v) is 5.42. The smallest absolute Gasteiger partial charge is 0.133 e. The molecule has 108 valence electrons. The number of ether oxygens (including phenoxy) is 2. The number of benzene rings is 1. The van der Waals surface area contributed by atoms with Gasteiger partial charge in [-0.2, -0.15) is 0 Å². The molecule has 2 atom stereocenters. The average molecular weight is 274 g/mol. The lowest BCUT2D eigenvalue weighted by molar-refractivity contribution is -0.121. The van der Waals surface area contributed by atoms with E-state index >= 15 is 0 Å². The van der Waals surface area contributed by atoms with Crippen molar-refractivity contribution in [2.75, 3.05) is 14.2 Å². The van der Waals surface area contributed by atoms with E-state index in [-0.39, 0.29) is 17.6 Å². The van der Waals surface area contributed by atoms with Crippen molar-refractivity contribution in [1.29, 1.82) is 0 Å². The minimum Gasteiger partial charge on any atom is -0.497 e. The Hall–Kier alpha value is -1.77. The summed E-state index contributed by atoms with van der Waals surface area (Å²) < 4.78 is 10.7. The molecule has 20 heavy (non-hydrogen) atoms. The SMILES string of the molecule is COc1ccc([C@@H]2CC(C)=CC[C@H]2C(C)=O)c(OC)c1. The number of methoxy groups -OCH3 is 2. The Balaban J connectivity index is 2.42. The second kappa shape index (κ2) is 6.12. The predicted octanol–water partition coefficient (Wildman–Crippen LogP) is 3.73. The topological polar surface area (TPSA) is 35.5 Å². The quantitative estimate of drug-likeness (QED) is 0.785. The molecule has 0 heterocycles. The van der Waals surface area contributed by atoms with E-state index in [0.29, 0.717) is 0 Å². The molecule has 0 aromatic heterocycles. The molecule has 1 aliphatic rings. The minimum absolute atomic E-state index is 0.0426. The first kappa shape index (κ1) is 14.6. The van der Waals surface area contributed by atoms with E-state index in [2.05, 4.69) is 13.0 Å². The molecule has 0 amide bonds. The standard InChI is InChI=1S/C17H22O3/c1-11-5-7-14(12(2)18)16(9-11)15-8-6-13(19-3)10-17(15)20-4/h5-6,8,10,14,16H,7,9H2,1-4H3/t14-,16+/m0/s1. The fourth-order valence-electron chi connectivity index (χ4n) is 2.97. The van der Waals surface area contributed by atoms with Crippen molar-refractivity contribution in [3.05, 3.63) is 35.4 Å². The van der Waals surface area contributed by atoms with Gasteiger partial charge in [-0.25, -0.2) is 0 Å². The van der Waals surface area contributed by atoms with E-state index in [9.17, 15) is 4.79 Å². The number of carbonyl (C=O) groups excluding carboxylic acids is 1. The molecule has 0 saturated heterocycles. The van der Waals surface area contributed by atoms with Gasteiger partial charge < -0.3 is 9.47 Å². The largest absolute Gasteiger partial charge is 0.497 e. The van der Waals surface area contributed by atoms with Crippen LogP contribution in [0.1, 0.15) is 38.2 Å². The molecular weight excluding hydrogens is 252 g/mol. The summed E-state index contributed by atoms with van der Waals surface area (Å²) in [5, 5.41) is 0. The number of rotatable bonds is 4. The molecule has 3 heteroatoms. The Bertz CT molecular complexity index is 531. The first-order valence-electron chi connectivity index (χ1n) is 6.94. The van der Waals surface area contributed by atoms with Gasteiger partial charge in [0.1, 0.15) is 17.3 Å². The fraction of sp³-hybridized carbons (Fsp3) is 0.471. The Morgan fingerprint density at radius 1 is 1.25 bits per heavy atom. The predicted molar refractivity (Wildman–Crippen MR) is 79.4 cm³/mol. The highest BCUT2D eigenvalue weighted by atomic mass is 16.5. The Labute approximate surface area is 120 Å². The van der Waals surface area contributed by atoms with E-state index in [1.54, 1.807) is 21.1 Å². The zero-order valence-corrected chi connectivity index (χ0v) is 12.6. The summed E-state index contributed by atoms with van der Waals surface area (Å²) in [4.78, 5) is 11.9. The first-order valence-corrected chi connectivity index (χ1v) is 6.94. The highest BCUT2D eigenvalue weighted by molar-refractivity contribution is 5.80. The number of hydrogen-bond acceptors (Lipinski definition) is 3. The molecule has 1 aliphatic carbocycles. The molecule has 0 aliphatic heterocycles. The number of carbonyl (C=O) groups is 1. The van der Waals surface area contributed by atoms with Gasteiger partial charge in [-0.05, 0) is 38.3 Å². The lowest BCUT2D eigenvalue weighted by Crippen LogP contribution is -2.23. The van der Waals surface area contributed by atoms with Gasteiger partial charge in [0, 0.05) is 17.9 Å². The summed E-state index contributed by atoms with van der Waals surface area (Å²) in [6.07, 6.45) is 3.91. The van der Waals surface area contributed by atoms with Gasteiger partial charge in [0.05, 0.1) is 14.2 Å². The molecule has 1 aromatic rings. The first-order chi connectivity index (χ1) is 9.56. The molecule has 0 fully saturated rings. The van der Waals surface area contributed by atoms with Gasteiger partial charge >= 0.3 is 0 Å². The Morgan fingerprint density at radius 2 is 2.00 bits per heavy atom. The molecule has 0 spiro atoms. The van der Waals surface area contributed by atoms with Gasteiger partial charge in [-0.15, -0.1) is 0 Å². The summed E-state index contributed by atoms with van der Waals surface area (Å²) in [5.74, 6) is 2.05. The molecule has 2 rings (SSSR count). The number of Topliss-reactive ketones (excluding diaryl/α,β-unsaturated/α-hetero) is 1. The van der Waals surface area contributed by atoms with Crippen molar-refractivity contribution in [2.24, 2.45) is 5.92 Å². The molecule has 0 saturated carbocycles. The van der Waals surface area contributed by atoms with Gasteiger partial charge in [0.2, 0.25) is 0 Å². The number of hydrogen-bond donors (Lipinski definition) is 0. The van der Waals surface area contributed by atoms with Gasteiger partial charge in [-0.1, -0.05) is 17.7 Å². The molecule has 0 N–H and O–H groups in total. The van der Waals surface area contributed by atoms with Crippen LogP contribution in [0.4, 0.5) is 0 Å². The molecular formula is C17H22O3. The normalized spacial score (nSPS) is 22.1. The van der Waals surface area contributed by atoms with E-state index in [1.165, 1.54) is 5.57 Å². The number of ketones is 1. The second-order valence-electron chi connectivity index (χ2n) is 5.42. The van der Waals surface area contributed by atoms with Crippen LogP contribution in [0, 0.1) is 5.92 Å². The maximum Gasteiger partial charge on any atom is 0.133 e. The van der Waals surface area contributed by atoms with Crippen LogP contribution in [0.5, 0.6) is 11.5 Å². The van der Waals surface area contributed by atoms with Crippen LogP contribution in [0.3, 0.4) is 0 Å². The summed E-state index contributed by atoms with van der Waals surface area (Å²) in [7, 11) is 3.30. The fourth-order valence-corrected chi connectivity index (χ4v) is 2.97. The van der Waals surface area contributed by atoms with Crippen LogP contribution in [-0.4, -0.2) is 20.0 Å². The molecule has 0 bridgehead atoms. The van der Waals surface area contributed by atoms with Crippen LogP contribution in [-0.2, 0) is 4.79 Å². The molecule has 3 nitrogen and oxygen atoms in total. The van der Waals surface area contributed by atoms with Crippen LogP contribution in [0.2, 0.25) is 0 Å². The van der Waals surface area contributed by atoms with E-state index < -0.39 is 0 Å². The van der Waals surface area contributed by atoms with Crippen LogP contribution >= 0.6 is 0 Å². The molecule has 0 radical (unpaired) electrons. The highest BCUT2D eigenvalue weighted by Crippen LogP contribution is 2.42. The van der Waals surface area contributed by atoms with Crippen molar-refractivity contribution in [3.63, 3.8) is 0 Å². The van der Waals surface area contributed by atoms with E-state index in [4.69, 9.17) is 9.47 Å². The highest BCUT2D eigenvalue weighted by Gasteiger charge is 2.31. The lowest BCUT2D eigenvalue weighted by atomic mass is 9.74. The van der Waals surface area contributed by atoms with Crippen molar-refractivity contribution < 1.29 is 14.3 Å². The monoisotopic (exact) mass is 274 g/mol. The maximum absolute atomic E-state index is 11.9. The van der Waals surface area contributed by atoms with E-state index in [0.717, 1.165) is 29.9 Å². The average Bonchev–Trinajstić information content (AvgIpc) is 2.46. The van der Waals surface area contributed by atoms with Gasteiger partial charge in [0.25, 0.3) is 0 Å². The van der Waals surface area contributed by atoms with Crippen LogP contribution in [0.25, 0.3) is 0 Å². The maximum atomic E-state index is 11.9.